The number of aryl methyl sites for hydroxylation is 1. The highest BCUT2D eigenvalue weighted by Gasteiger charge is 2.13. The Morgan fingerprint density at radius 3 is 2.73 bits per heavy atom. The van der Waals surface area contributed by atoms with Gasteiger partial charge in [0.15, 0.2) is 5.82 Å². The molecule has 0 spiro atoms. The summed E-state index contributed by atoms with van der Waals surface area (Å²) in [5, 5.41) is 21.1. The second-order valence-corrected chi connectivity index (χ2v) is 6.88. The van der Waals surface area contributed by atoms with Crippen molar-refractivity contribution in [2.24, 2.45) is 0 Å². The third-order valence-electron chi connectivity index (χ3n) is 3.62. The molecule has 0 saturated heterocycles. The Kier molecular flexibility index (Phi) is 4.68. The monoisotopic (exact) mass is 384 g/mol. The van der Waals surface area contributed by atoms with E-state index in [1.807, 2.05) is 43.3 Å². The molecule has 4 rings (SSSR count). The molecule has 4 aromatic rings. The second kappa shape index (κ2) is 7.27. The second-order valence-electron chi connectivity index (χ2n) is 5.51. The Morgan fingerprint density at radius 2 is 1.92 bits per heavy atom. The fourth-order valence-corrected chi connectivity index (χ4v) is 3.17. The first-order valence-corrected chi connectivity index (χ1v) is 9.12. The Hall–Kier alpha value is -2.71. The smallest absolute Gasteiger partial charge is 0.277 e. The summed E-state index contributed by atoms with van der Waals surface area (Å²) in [6.07, 6.45) is 0. The first kappa shape index (κ1) is 16.7. The lowest BCUT2D eigenvalue weighted by Crippen LogP contribution is -2.02. The van der Waals surface area contributed by atoms with Gasteiger partial charge in [-0.15, -0.1) is 15.3 Å². The van der Waals surface area contributed by atoms with E-state index in [-0.39, 0.29) is 0 Å². The van der Waals surface area contributed by atoms with Crippen LogP contribution in [-0.4, -0.2) is 30.4 Å². The zero-order valence-electron chi connectivity index (χ0n) is 13.7. The molecule has 0 fully saturated rings. The summed E-state index contributed by atoms with van der Waals surface area (Å²) in [4.78, 5) is 0. The lowest BCUT2D eigenvalue weighted by Gasteiger charge is -2.03. The van der Waals surface area contributed by atoms with Gasteiger partial charge in [0.2, 0.25) is 5.89 Å². The molecule has 2 aromatic heterocycles. The van der Waals surface area contributed by atoms with Gasteiger partial charge in [-0.25, -0.2) is 0 Å². The van der Waals surface area contributed by atoms with E-state index in [1.54, 1.807) is 16.8 Å². The largest absolute Gasteiger partial charge is 0.411 e. The summed E-state index contributed by atoms with van der Waals surface area (Å²) >= 11 is 7.37. The van der Waals surface area contributed by atoms with Crippen molar-refractivity contribution in [2.45, 2.75) is 17.9 Å². The summed E-state index contributed by atoms with van der Waals surface area (Å²) in [6.45, 7) is 2.03. The third kappa shape index (κ3) is 3.61. The molecule has 0 aliphatic heterocycles. The number of hydrogen-bond acceptors (Lipinski definition) is 7. The summed E-state index contributed by atoms with van der Waals surface area (Å²) in [5.74, 6) is 1.62. The Labute approximate surface area is 158 Å². The van der Waals surface area contributed by atoms with E-state index in [0.29, 0.717) is 27.7 Å². The predicted molar refractivity (Wildman–Crippen MR) is 98.2 cm³/mol. The molecule has 9 heteroatoms. The Morgan fingerprint density at radius 1 is 1.08 bits per heavy atom. The van der Waals surface area contributed by atoms with Crippen molar-refractivity contribution in [3.8, 4) is 17.1 Å². The van der Waals surface area contributed by atoms with Crippen molar-refractivity contribution in [3.63, 3.8) is 0 Å². The van der Waals surface area contributed by atoms with Crippen LogP contribution in [0.15, 0.2) is 58.2 Å². The Balaban J connectivity index is 1.49. The number of halogens is 1. The third-order valence-corrected chi connectivity index (χ3v) is 4.66. The molecule has 2 heterocycles. The molecule has 0 N–H and O–H groups in total. The first-order chi connectivity index (χ1) is 12.7. The highest BCUT2D eigenvalue weighted by molar-refractivity contribution is 7.98. The molecule has 0 radical (unpaired) electrons. The maximum atomic E-state index is 6.00. The van der Waals surface area contributed by atoms with Crippen molar-refractivity contribution in [1.82, 2.24) is 30.4 Å². The predicted octanol–water partition coefficient (Wildman–Crippen LogP) is 3.97. The van der Waals surface area contributed by atoms with Crippen LogP contribution in [0, 0.1) is 6.92 Å². The number of thioether (sulfide) groups is 1. The van der Waals surface area contributed by atoms with Crippen LogP contribution in [0.25, 0.3) is 17.1 Å². The molecule has 0 saturated carbocycles. The van der Waals surface area contributed by atoms with Gasteiger partial charge in [-0.1, -0.05) is 47.1 Å². The summed E-state index contributed by atoms with van der Waals surface area (Å²) in [5.41, 5.74) is 2.86. The normalized spacial score (nSPS) is 11.0. The van der Waals surface area contributed by atoms with Crippen LogP contribution >= 0.6 is 23.4 Å². The maximum Gasteiger partial charge on any atom is 0.277 e. The Bertz CT molecular complexity index is 1030. The van der Waals surface area contributed by atoms with E-state index < -0.39 is 0 Å². The van der Waals surface area contributed by atoms with Crippen molar-refractivity contribution in [3.05, 3.63) is 64.9 Å². The summed E-state index contributed by atoms with van der Waals surface area (Å²) in [6, 6.07) is 15.3. The lowest BCUT2D eigenvalue weighted by molar-refractivity contribution is 0.465. The minimum Gasteiger partial charge on any atom is -0.411 e. The lowest BCUT2D eigenvalue weighted by atomic mass is 10.2. The zero-order chi connectivity index (χ0) is 17.9. The molecule has 26 heavy (non-hydrogen) atoms. The average Bonchev–Trinajstić information content (AvgIpc) is 3.30. The van der Waals surface area contributed by atoms with E-state index >= 15 is 0 Å². The van der Waals surface area contributed by atoms with E-state index in [4.69, 9.17) is 16.0 Å². The first-order valence-electron chi connectivity index (χ1n) is 7.75. The van der Waals surface area contributed by atoms with Crippen LogP contribution in [0.3, 0.4) is 0 Å². The minimum absolute atomic E-state index is 0.424. The van der Waals surface area contributed by atoms with Crippen LogP contribution in [0.5, 0.6) is 0 Å². The molecule has 0 unspecified atom stereocenters. The van der Waals surface area contributed by atoms with Gasteiger partial charge in [0.25, 0.3) is 5.22 Å². The number of nitrogens with zero attached hydrogens (tertiary/aromatic N) is 6. The molecular weight excluding hydrogens is 372 g/mol. The van der Waals surface area contributed by atoms with Crippen LogP contribution in [0.1, 0.15) is 11.4 Å². The topological polar surface area (TPSA) is 82.5 Å². The molecule has 0 aliphatic carbocycles. The van der Waals surface area contributed by atoms with Crippen molar-refractivity contribution in [1.29, 1.82) is 0 Å². The van der Waals surface area contributed by atoms with Crippen molar-refractivity contribution < 1.29 is 4.42 Å². The average molecular weight is 385 g/mol. The maximum absolute atomic E-state index is 6.00. The standard InChI is InChI=1S/C17H13ClN6OS/c1-11-5-7-14(8-6-11)24-15(19-22-23-24)10-26-17-21-20-16(25-17)12-3-2-4-13(18)9-12/h2-9H,10H2,1H3. The van der Waals surface area contributed by atoms with Crippen LogP contribution in [-0.2, 0) is 5.75 Å². The minimum atomic E-state index is 0.424. The van der Waals surface area contributed by atoms with Gasteiger partial charge < -0.3 is 4.42 Å². The molecule has 0 amide bonds. The van der Waals surface area contributed by atoms with Gasteiger partial charge in [0, 0.05) is 10.6 Å². The van der Waals surface area contributed by atoms with E-state index in [2.05, 4.69) is 25.7 Å². The quantitative estimate of drug-likeness (QED) is 0.481. The summed E-state index contributed by atoms with van der Waals surface area (Å²) in [7, 11) is 0. The SMILES string of the molecule is Cc1ccc(-n2nnnc2CSc2nnc(-c3cccc(Cl)c3)o2)cc1. The van der Waals surface area contributed by atoms with Crippen LogP contribution in [0.4, 0.5) is 0 Å². The number of aromatic nitrogens is 6. The van der Waals surface area contributed by atoms with E-state index in [1.165, 1.54) is 17.3 Å². The summed E-state index contributed by atoms with van der Waals surface area (Å²) < 4.78 is 7.38. The number of benzene rings is 2. The molecular formula is C17H13ClN6OS. The molecule has 130 valence electrons. The van der Waals surface area contributed by atoms with Gasteiger partial charge >= 0.3 is 0 Å². The zero-order valence-corrected chi connectivity index (χ0v) is 15.3. The van der Waals surface area contributed by atoms with Crippen molar-refractivity contribution in [2.75, 3.05) is 0 Å². The highest BCUT2D eigenvalue weighted by Crippen LogP contribution is 2.26. The molecule has 0 bridgehead atoms. The van der Waals surface area contributed by atoms with Crippen LogP contribution < -0.4 is 0 Å². The fourth-order valence-electron chi connectivity index (χ4n) is 2.31. The number of tetrazole rings is 1. The van der Waals surface area contributed by atoms with Crippen molar-refractivity contribution >= 4 is 23.4 Å². The molecule has 0 atom stereocenters. The molecule has 0 aliphatic rings. The van der Waals surface area contributed by atoms with Gasteiger partial charge in [0.1, 0.15) is 0 Å². The van der Waals surface area contributed by atoms with Gasteiger partial charge in [-0.05, 0) is 47.7 Å². The molecule has 2 aromatic carbocycles. The van der Waals surface area contributed by atoms with Gasteiger partial charge in [-0.3, -0.25) is 0 Å². The highest BCUT2D eigenvalue weighted by atomic mass is 35.5. The van der Waals surface area contributed by atoms with E-state index in [9.17, 15) is 0 Å². The molecule has 7 nitrogen and oxygen atoms in total. The van der Waals surface area contributed by atoms with Gasteiger partial charge in [0.05, 0.1) is 11.4 Å². The number of hydrogen-bond donors (Lipinski definition) is 0. The van der Waals surface area contributed by atoms with Gasteiger partial charge in [-0.2, -0.15) is 4.68 Å². The fraction of sp³-hybridized carbons (Fsp3) is 0.118. The number of rotatable bonds is 5. The van der Waals surface area contributed by atoms with E-state index in [0.717, 1.165) is 11.3 Å². The van der Waals surface area contributed by atoms with Crippen LogP contribution in [0.2, 0.25) is 5.02 Å².